The number of ether oxygens (including phenoxy) is 1. The number of aliphatic carboxylic acids is 1. The van der Waals surface area contributed by atoms with Gasteiger partial charge in [-0.3, -0.25) is 9.59 Å². The van der Waals surface area contributed by atoms with Crippen molar-refractivity contribution in [3.63, 3.8) is 0 Å². The smallest absolute Gasteiger partial charge is 0.307 e. The number of carbonyl (C=O) groups excluding carboxylic acids is 2. The van der Waals surface area contributed by atoms with Crippen LogP contribution in [0.2, 0.25) is 0 Å². The number of hydrogen-bond donors (Lipinski definition) is 1. The molecular formula is C13H23NO5S. The quantitative estimate of drug-likeness (QED) is 0.309. The van der Waals surface area contributed by atoms with E-state index in [0.29, 0.717) is 38.3 Å². The van der Waals surface area contributed by atoms with Gasteiger partial charge in [-0.1, -0.05) is 0 Å². The fourth-order valence-corrected chi connectivity index (χ4v) is 2.42. The lowest BCUT2D eigenvalue weighted by Crippen LogP contribution is -2.30. The molecule has 0 radical (unpaired) electrons. The fraction of sp³-hybridized carbons (Fsp3) is 0.769. The molecular weight excluding hydrogens is 282 g/mol. The summed E-state index contributed by atoms with van der Waals surface area (Å²) in [5.74, 6) is 0.337. The second-order valence-electron chi connectivity index (χ2n) is 4.11. The van der Waals surface area contributed by atoms with Crippen molar-refractivity contribution in [3.05, 3.63) is 0 Å². The highest BCUT2D eigenvalue weighted by molar-refractivity contribution is 7.99. The number of esters is 1. The number of thioether (sulfide) groups is 1. The van der Waals surface area contributed by atoms with Crippen molar-refractivity contribution in [2.75, 3.05) is 37.7 Å². The van der Waals surface area contributed by atoms with Gasteiger partial charge in [0.25, 0.3) is 0 Å². The molecule has 0 unspecified atom stereocenters. The van der Waals surface area contributed by atoms with Crippen LogP contribution < -0.4 is 0 Å². The van der Waals surface area contributed by atoms with E-state index < -0.39 is 5.97 Å². The molecule has 1 N–H and O–H groups in total. The van der Waals surface area contributed by atoms with E-state index in [1.165, 1.54) is 0 Å². The summed E-state index contributed by atoms with van der Waals surface area (Å²) in [5, 5.41) is 8.52. The van der Waals surface area contributed by atoms with Crippen LogP contribution in [0.1, 0.15) is 26.2 Å². The summed E-state index contributed by atoms with van der Waals surface area (Å²) in [5.41, 5.74) is 0. The Morgan fingerprint density at radius 2 is 1.95 bits per heavy atom. The van der Waals surface area contributed by atoms with Crippen molar-refractivity contribution in [2.24, 2.45) is 0 Å². The van der Waals surface area contributed by atoms with E-state index in [0.717, 1.165) is 18.6 Å². The molecule has 0 atom stereocenters. The topological polar surface area (TPSA) is 83.9 Å². The lowest BCUT2D eigenvalue weighted by Gasteiger charge is -2.20. The van der Waals surface area contributed by atoms with Crippen LogP contribution in [0, 0.1) is 0 Å². The molecule has 0 aromatic heterocycles. The number of rotatable bonds is 13. The Bertz CT molecular complexity index is 298. The maximum absolute atomic E-state index is 11.3. The Labute approximate surface area is 123 Å². The molecule has 0 heterocycles. The van der Waals surface area contributed by atoms with Crippen molar-refractivity contribution in [3.8, 4) is 0 Å². The van der Waals surface area contributed by atoms with Crippen molar-refractivity contribution >= 4 is 30.0 Å². The monoisotopic (exact) mass is 305 g/mol. The summed E-state index contributed by atoms with van der Waals surface area (Å²) < 4.78 is 4.86. The van der Waals surface area contributed by atoms with Gasteiger partial charge in [-0.05, 0) is 6.92 Å². The van der Waals surface area contributed by atoms with E-state index in [9.17, 15) is 14.4 Å². The number of hydrogen-bond acceptors (Lipinski definition) is 6. The maximum Gasteiger partial charge on any atom is 0.307 e. The predicted molar refractivity (Wildman–Crippen MR) is 77.9 cm³/mol. The summed E-state index contributed by atoms with van der Waals surface area (Å²) in [7, 11) is 0. The molecule has 0 bridgehead atoms. The Morgan fingerprint density at radius 1 is 1.20 bits per heavy atom. The van der Waals surface area contributed by atoms with Gasteiger partial charge in [0.15, 0.2) is 0 Å². The van der Waals surface area contributed by atoms with E-state index in [1.807, 2.05) is 4.90 Å². The van der Waals surface area contributed by atoms with Crippen molar-refractivity contribution in [2.45, 2.75) is 26.2 Å². The Kier molecular flexibility index (Phi) is 12.2. The lowest BCUT2D eigenvalue weighted by atomic mass is 10.3. The summed E-state index contributed by atoms with van der Waals surface area (Å²) >= 11 is 1.56. The first kappa shape index (κ1) is 18.9. The van der Waals surface area contributed by atoms with Crippen LogP contribution in [0.4, 0.5) is 0 Å². The molecule has 0 aliphatic rings. The molecule has 0 amide bonds. The molecule has 0 rings (SSSR count). The first-order chi connectivity index (χ1) is 9.60. The van der Waals surface area contributed by atoms with Gasteiger partial charge in [-0.25, -0.2) is 0 Å². The SMILES string of the molecule is CCOC(=O)CCN(CCC=O)CCSCCC(=O)O. The number of nitrogens with zero attached hydrogens (tertiary/aromatic N) is 1. The summed E-state index contributed by atoms with van der Waals surface area (Å²) in [6.45, 7) is 4.05. The third-order valence-corrected chi connectivity index (χ3v) is 3.48. The van der Waals surface area contributed by atoms with Gasteiger partial charge in [-0.15, -0.1) is 0 Å². The van der Waals surface area contributed by atoms with E-state index in [-0.39, 0.29) is 12.4 Å². The molecule has 0 aromatic rings. The van der Waals surface area contributed by atoms with E-state index >= 15 is 0 Å². The summed E-state index contributed by atoms with van der Waals surface area (Å²) in [6, 6.07) is 0. The molecule has 7 heteroatoms. The Balaban J connectivity index is 3.85. The molecule has 0 aliphatic heterocycles. The summed E-state index contributed by atoms with van der Waals surface area (Å²) in [4.78, 5) is 34.1. The van der Waals surface area contributed by atoms with Gasteiger partial charge in [0.1, 0.15) is 6.29 Å². The highest BCUT2D eigenvalue weighted by Crippen LogP contribution is 2.05. The third-order valence-electron chi connectivity index (χ3n) is 2.51. The zero-order valence-corrected chi connectivity index (χ0v) is 12.7. The fourth-order valence-electron chi connectivity index (χ4n) is 1.51. The van der Waals surface area contributed by atoms with Gasteiger partial charge in [0.05, 0.1) is 19.4 Å². The normalized spacial score (nSPS) is 10.5. The van der Waals surface area contributed by atoms with Crippen molar-refractivity contribution in [1.82, 2.24) is 4.90 Å². The molecule has 20 heavy (non-hydrogen) atoms. The summed E-state index contributed by atoms with van der Waals surface area (Å²) in [6.07, 6.45) is 1.76. The molecule has 0 saturated heterocycles. The average molecular weight is 305 g/mol. The highest BCUT2D eigenvalue weighted by atomic mass is 32.2. The van der Waals surface area contributed by atoms with Crippen LogP contribution in [-0.2, 0) is 19.1 Å². The molecule has 6 nitrogen and oxygen atoms in total. The van der Waals surface area contributed by atoms with Gasteiger partial charge < -0.3 is 19.5 Å². The molecule has 0 aromatic carbocycles. The van der Waals surface area contributed by atoms with Crippen LogP contribution in [0.5, 0.6) is 0 Å². The second-order valence-corrected chi connectivity index (χ2v) is 5.33. The van der Waals surface area contributed by atoms with Gasteiger partial charge in [0, 0.05) is 37.6 Å². The molecule has 0 aliphatic carbocycles. The number of carbonyl (C=O) groups is 3. The van der Waals surface area contributed by atoms with Crippen LogP contribution in [0.25, 0.3) is 0 Å². The largest absolute Gasteiger partial charge is 0.481 e. The predicted octanol–water partition coefficient (Wildman–Crippen LogP) is 1.04. The molecule has 116 valence electrons. The van der Waals surface area contributed by atoms with E-state index in [4.69, 9.17) is 9.84 Å². The van der Waals surface area contributed by atoms with Gasteiger partial charge in [0.2, 0.25) is 0 Å². The van der Waals surface area contributed by atoms with Crippen molar-refractivity contribution in [1.29, 1.82) is 0 Å². The van der Waals surface area contributed by atoms with Crippen molar-refractivity contribution < 1.29 is 24.2 Å². The average Bonchev–Trinajstić information content (AvgIpc) is 2.40. The number of carboxylic acids is 1. The van der Waals surface area contributed by atoms with Crippen LogP contribution in [0.15, 0.2) is 0 Å². The first-order valence-electron chi connectivity index (χ1n) is 6.71. The lowest BCUT2D eigenvalue weighted by molar-refractivity contribution is -0.143. The molecule has 0 spiro atoms. The van der Waals surface area contributed by atoms with Crippen LogP contribution >= 0.6 is 11.8 Å². The minimum Gasteiger partial charge on any atom is -0.481 e. The minimum atomic E-state index is -0.794. The van der Waals surface area contributed by atoms with Gasteiger partial charge in [-0.2, -0.15) is 11.8 Å². The highest BCUT2D eigenvalue weighted by Gasteiger charge is 2.09. The van der Waals surface area contributed by atoms with Gasteiger partial charge >= 0.3 is 11.9 Å². The number of aldehydes is 1. The third kappa shape index (κ3) is 12.0. The van der Waals surface area contributed by atoms with Crippen LogP contribution in [0.3, 0.4) is 0 Å². The van der Waals surface area contributed by atoms with Crippen LogP contribution in [-0.4, -0.2) is 66.0 Å². The molecule has 0 fully saturated rings. The van der Waals surface area contributed by atoms with E-state index in [2.05, 4.69) is 0 Å². The Morgan fingerprint density at radius 3 is 2.55 bits per heavy atom. The Hall–Kier alpha value is -1.08. The van der Waals surface area contributed by atoms with E-state index in [1.54, 1.807) is 18.7 Å². The second kappa shape index (κ2) is 12.9. The standard InChI is InChI=1S/C13H23NO5S/c1-2-19-13(18)4-7-14(6-3-9-15)8-11-20-10-5-12(16)17/h9H,2-8,10-11H2,1H3,(H,16,17). The number of carboxylic acid groups (broad SMARTS) is 1. The maximum atomic E-state index is 11.3. The zero-order valence-electron chi connectivity index (χ0n) is 11.9. The minimum absolute atomic E-state index is 0.155. The first-order valence-corrected chi connectivity index (χ1v) is 7.86. The zero-order chi connectivity index (χ0) is 15.2. The molecule has 0 saturated carbocycles.